The van der Waals surface area contributed by atoms with E-state index in [9.17, 15) is 18.0 Å². The zero-order valence-corrected chi connectivity index (χ0v) is 7.38. The van der Waals surface area contributed by atoms with Crippen LogP contribution in [0, 0.1) is 5.82 Å². The number of carbonyl (C=O) groups is 1. The molecule has 7 heteroatoms. The third-order valence-electron chi connectivity index (χ3n) is 1.64. The molecule has 1 rings (SSSR count). The topological polar surface area (TPSA) is 76.2 Å². The van der Waals surface area contributed by atoms with E-state index in [2.05, 4.69) is 4.98 Å². The minimum Gasteiger partial charge on any atom is -0.481 e. The first-order chi connectivity index (χ1) is 6.91. The van der Waals surface area contributed by atoms with Gasteiger partial charge >= 0.3 is 5.97 Å². The van der Waals surface area contributed by atoms with Crippen molar-refractivity contribution in [2.45, 2.75) is 12.8 Å². The van der Waals surface area contributed by atoms with Gasteiger partial charge in [0.1, 0.15) is 5.69 Å². The molecule has 4 nitrogen and oxygen atoms in total. The second-order valence-corrected chi connectivity index (χ2v) is 2.78. The summed E-state index contributed by atoms with van der Waals surface area (Å²) in [5.41, 5.74) is 3.89. The van der Waals surface area contributed by atoms with Gasteiger partial charge in [-0.05, 0) is 6.07 Å². The summed E-state index contributed by atoms with van der Waals surface area (Å²) in [6.45, 7) is 0. The molecule has 0 spiro atoms. The molecule has 0 aliphatic rings. The molecule has 82 valence electrons. The van der Waals surface area contributed by atoms with E-state index in [1.807, 2.05) is 0 Å². The number of alkyl halides is 2. The van der Waals surface area contributed by atoms with Gasteiger partial charge in [-0.15, -0.1) is 0 Å². The minimum absolute atomic E-state index is 0.398. The lowest BCUT2D eigenvalue weighted by molar-refractivity contribution is -0.136. The summed E-state index contributed by atoms with van der Waals surface area (Å²) in [6.07, 6.45) is -3.63. The Morgan fingerprint density at radius 3 is 2.67 bits per heavy atom. The molecule has 0 fully saturated rings. The molecule has 0 aliphatic carbocycles. The Morgan fingerprint density at radius 2 is 2.20 bits per heavy atom. The summed E-state index contributed by atoms with van der Waals surface area (Å²) in [7, 11) is 0. The van der Waals surface area contributed by atoms with Crippen LogP contribution >= 0.6 is 0 Å². The highest BCUT2D eigenvalue weighted by molar-refractivity contribution is 5.70. The van der Waals surface area contributed by atoms with Crippen molar-refractivity contribution in [1.29, 1.82) is 0 Å². The Balaban J connectivity index is 3.18. The first kappa shape index (κ1) is 11.3. The average Bonchev–Trinajstić information content (AvgIpc) is 2.11. The molecule has 0 aromatic carbocycles. The Bertz CT molecular complexity index is 396. The predicted octanol–water partition coefficient (Wildman–Crippen LogP) is 1.37. The number of nitrogen functional groups attached to an aromatic ring is 1. The normalized spacial score (nSPS) is 10.7. The molecule has 0 bridgehead atoms. The van der Waals surface area contributed by atoms with E-state index in [0.717, 1.165) is 0 Å². The second kappa shape index (κ2) is 4.16. The number of anilines is 1. The lowest BCUT2D eigenvalue weighted by atomic mass is 10.1. The van der Waals surface area contributed by atoms with Gasteiger partial charge in [-0.3, -0.25) is 4.79 Å². The van der Waals surface area contributed by atoms with Crippen molar-refractivity contribution in [1.82, 2.24) is 4.98 Å². The number of halogens is 3. The molecule has 3 N–H and O–H groups in total. The monoisotopic (exact) mass is 220 g/mol. The number of carboxylic acid groups (broad SMARTS) is 1. The third kappa shape index (κ3) is 2.58. The van der Waals surface area contributed by atoms with Gasteiger partial charge in [0.05, 0.1) is 6.42 Å². The highest BCUT2D eigenvalue weighted by Crippen LogP contribution is 2.22. The number of carboxylic acids is 1. The number of hydrogen-bond donors (Lipinski definition) is 2. The van der Waals surface area contributed by atoms with Crippen molar-refractivity contribution in [2.75, 3.05) is 5.73 Å². The number of aliphatic carboxylic acids is 1. The van der Waals surface area contributed by atoms with E-state index < -0.39 is 41.7 Å². The van der Waals surface area contributed by atoms with Crippen molar-refractivity contribution in [3.63, 3.8) is 0 Å². The summed E-state index contributed by atoms with van der Waals surface area (Å²) in [5.74, 6) is -3.12. The maximum Gasteiger partial charge on any atom is 0.307 e. The number of nitrogens with zero attached hydrogens (tertiary/aromatic N) is 1. The first-order valence-corrected chi connectivity index (χ1v) is 3.86. The van der Waals surface area contributed by atoms with Gasteiger partial charge in [0.25, 0.3) is 6.43 Å². The van der Waals surface area contributed by atoms with Crippen LogP contribution in [-0.2, 0) is 11.2 Å². The lowest BCUT2D eigenvalue weighted by Gasteiger charge is -2.06. The van der Waals surface area contributed by atoms with Crippen LogP contribution in [-0.4, -0.2) is 16.1 Å². The fraction of sp³-hybridized carbons (Fsp3) is 0.250. The number of hydrogen-bond acceptors (Lipinski definition) is 3. The molecule has 1 aromatic heterocycles. The molecule has 0 radical (unpaired) electrons. The summed E-state index contributed by atoms with van der Waals surface area (Å²) < 4.78 is 37.5. The molecule has 1 heterocycles. The molecule has 0 amide bonds. The highest BCUT2D eigenvalue weighted by Gasteiger charge is 2.17. The van der Waals surface area contributed by atoms with Crippen LogP contribution in [0.1, 0.15) is 17.7 Å². The maximum atomic E-state index is 13.1. The largest absolute Gasteiger partial charge is 0.481 e. The quantitative estimate of drug-likeness (QED) is 0.806. The van der Waals surface area contributed by atoms with Crippen LogP contribution in [0.5, 0.6) is 0 Å². The summed E-state index contributed by atoms with van der Waals surface area (Å²) in [5, 5.41) is 8.40. The van der Waals surface area contributed by atoms with Gasteiger partial charge < -0.3 is 10.8 Å². The first-order valence-electron chi connectivity index (χ1n) is 3.86. The van der Waals surface area contributed by atoms with E-state index in [1.54, 1.807) is 0 Å². The maximum absolute atomic E-state index is 13.1. The SMILES string of the molecule is Nc1nc(C(F)F)cc(CC(=O)O)c1F. The Hall–Kier alpha value is -1.79. The van der Waals surface area contributed by atoms with Crippen LogP contribution in [0.4, 0.5) is 19.0 Å². The Labute approximate surface area is 82.5 Å². The van der Waals surface area contributed by atoms with E-state index >= 15 is 0 Å². The van der Waals surface area contributed by atoms with E-state index in [-0.39, 0.29) is 0 Å². The van der Waals surface area contributed by atoms with E-state index in [4.69, 9.17) is 10.8 Å². The second-order valence-electron chi connectivity index (χ2n) is 2.78. The number of pyridine rings is 1. The van der Waals surface area contributed by atoms with Gasteiger partial charge in [-0.2, -0.15) is 0 Å². The zero-order valence-electron chi connectivity index (χ0n) is 7.38. The summed E-state index contributed by atoms with van der Waals surface area (Å²) in [4.78, 5) is 13.4. The van der Waals surface area contributed by atoms with Crippen molar-refractivity contribution in [3.8, 4) is 0 Å². The highest BCUT2D eigenvalue weighted by atomic mass is 19.3. The number of aromatic nitrogens is 1. The molecule has 0 saturated carbocycles. The standard InChI is InChI=1S/C8H7F3N2O2/c9-6-3(2-5(14)15)1-4(7(10)11)13-8(6)12/h1,7H,2H2,(H2,12,13)(H,14,15). The number of nitrogens with two attached hydrogens (primary N) is 1. The van der Waals surface area contributed by atoms with Crippen molar-refractivity contribution in [2.24, 2.45) is 0 Å². The molecular formula is C8H7F3N2O2. The van der Waals surface area contributed by atoms with Gasteiger partial charge in [-0.1, -0.05) is 0 Å². The average molecular weight is 220 g/mol. The van der Waals surface area contributed by atoms with Gasteiger partial charge in [0, 0.05) is 5.56 Å². The molecule has 0 aliphatic heterocycles. The molecular weight excluding hydrogens is 213 g/mol. The molecule has 0 atom stereocenters. The van der Waals surface area contributed by atoms with Crippen LogP contribution in [0.25, 0.3) is 0 Å². The summed E-state index contributed by atoms with van der Waals surface area (Å²) in [6, 6.07) is 0.699. The molecule has 0 unspecified atom stereocenters. The van der Waals surface area contributed by atoms with Crippen LogP contribution in [0.15, 0.2) is 6.07 Å². The number of rotatable bonds is 3. The molecule has 1 aromatic rings. The Kier molecular flexibility index (Phi) is 3.13. The zero-order chi connectivity index (χ0) is 11.6. The molecule has 15 heavy (non-hydrogen) atoms. The minimum atomic E-state index is -2.92. The van der Waals surface area contributed by atoms with Crippen LogP contribution in [0.3, 0.4) is 0 Å². The van der Waals surface area contributed by atoms with Crippen molar-refractivity contribution >= 4 is 11.8 Å². The smallest absolute Gasteiger partial charge is 0.307 e. The van der Waals surface area contributed by atoms with Gasteiger partial charge in [0.15, 0.2) is 11.6 Å². The lowest BCUT2D eigenvalue weighted by Crippen LogP contribution is -2.08. The van der Waals surface area contributed by atoms with E-state index in [0.29, 0.717) is 6.07 Å². The predicted molar refractivity (Wildman–Crippen MR) is 44.9 cm³/mol. The van der Waals surface area contributed by atoms with Gasteiger partial charge in [0.2, 0.25) is 0 Å². The third-order valence-corrected chi connectivity index (χ3v) is 1.64. The van der Waals surface area contributed by atoms with Gasteiger partial charge in [-0.25, -0.2) is 18.2 Å². The summed E-state index contributed by atoms with van der Waals surface area (Å²) >= 11 is 0. The fourth-order valence-electron chi connectivity index (χ4n) is 1.03. The van der Waals surface area contributed by atoms with Crippen LogP contribution < -0.4 is 5.73 Å². The van der Waals surface area contributed by atoms with E-state index in [1.165, 1.54) is 0 Å². The fourth-order valence-corrected chi connectivity index (χ4v) is 1.03. The van der Waals surface area contributed by atoms with Crippen molar-refractivity contribution < 1.29 is 23.1 Å². The van der Waals surface area contributed by atoms with Crippen molar-refractivity contribution in [3.05, 3.63) is 23.1 Å². The molecule has 0 saturated heterocycles. The Morgan fingerprint density at radius 1 is 1.60 bits per heavy atom. The van der Waals surface area contributed by atoms with Crippen LogP contribution in [0.2, 0.25) is 0 Å².